The normalized spacial score (nSPS) is 17.7. The number of imide groups is 2. The molecule has 168 valence electrons. The lowest BCUT2D eigenvalue weighted by atomic mass is 10.0. The third-order valence-corrected chi connectivity index (χ3v) is 4.98. The van der Waals surface area contributed by atoms with Crippen molar-refractivity contribution in [2.45, 2.75) is 38.1 Å². The van der Waals surface area contributed by atoms with Gasteiger partial charge in [-0.25, -0.2) is 0 Å². The van der Waals surface area contributed by atoms with Gasteiger partial charge < -0.3 is 15.8 Å². The van der Waals surface area contributed by atoms with Crippen molar-refractivity contribution in [2.75, 3.05) is 19.7 Å². The number of nitrogens with zero attached hydrogens (tertiary/aromatic N) is 1. The molecule has 1 fully saturated rings. The van der Waals surface area contributed by atoms with E-state index in [0.717, 1.165) is 24.2 Å². The Bertz CT molecular complexity index is 890. The highest BCUT2D eigenvalue weighted by Gasteiger charge is 2.44. The van der Waals surface area contributed by atoms with Gasteiger partial charge >= 0.3 is 0 Å². The van der Waals surface area contributed by atoms with E-state index >= 15 is 0 Å². The van der Waals surface area contributed by atoms with Gasteiger partial charge in [-0.05, 0) is 44.0 Å². The van der Waals surface area contributed by atoms with E-state index in [1.54, 1.807) is 0 Å². The molecule has 3 rings (SSSR count). The molecule has 2 heterocycles. The number of benzene rings is 1. The lowest BCUT2D eigenvalue weighted by Gasteiger charge is -2.27. The van der Waals surface area contributed by atoms with Crippen LogP contribution in [0.2, 0.25) is 0 Å². The maximum absolute atomic E-state index is 12.7. The molecule has 1 aromatic rings. The summed E-state index contributed by atoms with van der Waals surface area (Å²) in [6, 6.07) is 3.29. The number of carbonyl (C=O) groups excluding carboxylic acids is 5. The largest absolute Gasteiger partial charge is 0.484 e. The maximum Gasteiger partial charge on any atom is 0.262 e. The van der Waals surface area contributed by atoms with Crippen LogP contribution >= 0.6 is 12.4 Å². The van der Waals surface area contributed by atoms with Crippen molar-refractivity contribution in [2.24, 2.45) is 5.73 Å². The summed E-state index contributed by atoms with van der Waals surface area (Å²) in [5.74, 6) is -2.35. The molecule has 11 heteroatoms. The minimum Gasteiger partial charge on any atom is -0.484 e. The Balaban J connectivity index is 0.00000341. The Kier molecular flexibility index (Phi) is 8.52. The first kappa shape index (κ1) is 24.3. The van der Waals surface area contributed by atoms with Gasteiger partial charge in [0, 0.05) is 13.0 Å². The summed E-state index contributed by atoms with van der Waals surface area (Å²) in [7, 11) is 0. The number of rotatable bonds is 9. The van der Waals surface area contributed by atoms with Gasteiger partial charge in [0.1, 0.15) is 11.8 Å². The van der Waals surface area contributed by atoms with Gasteiger partial charge in [-0.1, -0.05) is 6.42 Å². The van der Waals surface area contributed by atoms with Crippen LogP contribution in [0.4, 0.5) is 0 Å². The zero-order valence-electron chi connectivity index (χ0n) is 16.8. The minimum absolute atomic E-state index is 0. The average molecular weight is 453 g/mol. The highest BCUT2D eigenvalue weighted by molar-refractivity contribution is 6.23. The molecule has 4 N–H and O–H groups in total. The molecule has 31 heavy (non-hydrogen) atoms. The Morgan fingerprint density at radius 3 is 2.58 bits per heavy atom. The molecule has 0 radical (unpaired) electrons. The number of hydrogen-bond donors (Lipinski definition) is 3. The lowest BCUT2D eigenvalue weighted by molar-refractivity contribution is -0.136. The van der Waals surface area contributed by atoms with E-state index in [1.165, 1.54) is 18.2 Å². The number of piperidine rings is 1. The lowest BCUT2D eigenvalue weighted by Crippen LogP contribution is -2.54. The molecule has 0 bridgehead atoms. The number of hydrogen-bond acceptors (Lipinski definition) is 7. The molecule has 2 aliphatic heterocycles. The SMILES string of the molecule is Cl.NCCCCCNC(=O)COc1ccc2c(c1)C(=O)N(C1CCC(=O)NC1=O)C2=O. The molecule has 2 aliphatic rings. The van der Waals surface area contributed by atoms with Crippen LogP contribution in [0.1, 0.15) is 52.8 Å². The van der Waals surface area contributed by atoms with Crippen LogP contribution in [-0.4, -0.2) is 60.2 Å². The Hall–Kier alpha value is -2.98. The van der Waals surface area contributed by atoms with Crippen molar-refractivity contribution >= 4 is 41.9 Å². The van der Waals surface area contributed by atoms with E-state index in [0.29, 0.717) is 13.1 Å². The summed E-state index contributed by atoms with van der Waals surface area (Å²) >= 11 is 0. The summed E-state index contributed by atoms with van der Waals surface area (Å²) in [5, 5.41) is 4.88. The number of nitrogens with two attached hydrogens (primary N) is 1. The molecular formula is C20H25ClN4O6. The van der Waals surface area contributed by atoms with E-state index in [9.17, 15) is 24.0 Å². The van der Waals surface area contributed by atoms with Gasteiger partial charge in [-0.15, -0.1) is 12.4 Å². The zero-order valence-corrected chi connectivity index (χ0v) is 17.7. The number of fused-ring (bicyclic) bond motifs is 1. The minimum atomic E-state index is -1.02. The van der Waals surface area contributed by atoms with Crippen LogP contribution in [0.15, 0.2) is 18.2 Å². The molecule has 1 unspecified atom stereocenters. The van der Waals surface area contributed by atoms with Crippen LogP contribution in [0.5, 0.6) is 5.75 Å². The van der Waals surface area contributed by atoms with Crippen molar-refractivity contribution in [1.29, 1.82) is 0 Å². The van der Waals surface area contributed by atoms with Gasteiger partial charge in [0.25, 0.3) is 17.7 Å². The molecule has 5 amide bonds. The number of ether oxygens (including phenoxy) is 1. The Morgan fingerprint density at radius 1 is 1.13 bits per heavy atom. The number of unbranched alkanes of at least 4 members (excludes halogenated alkanes) is 2. The van der Waals surface area contributed by atoms with Crippen LogP contribution in [0, 0.1) is 0 Å². The molecule has 0 saturated carbocycles. The van der Waals surface area contributed by atoms with Gasteiger partial charge in [-0.2, -0.15) is 0 Å². The second-order valence-electron chi connectivity index (χ2n) is 7.14. The van der Waals surface area contributed by atoms with Gasteiger partial charge in [0.2, 0.25) is 11.8 Å². The summed E-state index contributed by atoms with van der Waals surface area (Å²) in [5.41, 5.74) is 5.67. The summed E-state index contributed by atoms with van der Waals surface area (Å²) in [4.78, 5) is 61.5. The molecule has 1 atom stereocenters. The predicted octanol–water partition coefficient (Wildman–Crippen LogP) is 0.134. The average Bonchev–Trinajstić information content (AvgIpc) is 2.96. The van der Waals surface area contributed by atoms with Crippen LogP contribution < -0.4 is 21.1 Å². The topological polar surface area (TPSA) is 148 Å². The summed E-state index contributed by atoms with van der Waals surface area (Å²) in [6.45, 7) is 0.923. The van der Waals surface area contributed by atoms with Crippen molar-refractivity contribution in [1.82, 2.24) is 15.5 Å². The fraction of sp³-hybridized carbons (Fsp3) is 0.450. The number of amides is 5. The van der Waals surface area contributed by atoms with Gasteiger partial charge in [-0.3, -0.25) is 34.2 Å². The number of carbonyl (C=O) groups is 5. The summed E-state index contributed by atoms with van der Waals surface area (Å²) in [6.07, 6.45) is 2.81. The monoisotopic (exact) mass is 452 g/mol. The van der Waals surface area contributed by atoms with Crippen LogP contribution in [0.25, 0.3) is 0 Å². The standard InChI is InChI=1S/C20H24N4O6.ClH/c21-8-2-1-3-9-22-17(26)11-30-12-4-5-13-14(10-12)20(29)24(19(13)28)15-6-7-16(25)23-18(15)27;/h4-5,10,15H,1-3,6-9,11,21H2,(H,22,26)(H,23,25,27);1H. The Labute approximate surface area is 185 Å². The quantitative estimate of drug-likeness (QED) is 0.356. The van der Waals surface area contributed by atoms with E-state index in [2.05, 4.69) is 10.6 Å². The second kappa shape index (κ2) is 10.9. The highest BCUT2D eigenvalue weighted by Crippen LogP contribution is 2.30. The zero-order chi connectivity index (χ0) is 21.7. The van der Waals surface area contributed by atoms with E-state index < -0.39 is 29.7 Å². The number of halogens is 1. The highest BCUT2D eigenvalue weighted by atomic mass is 35.5. The maximum atomic E-state index is 12.7. The third kappa shape index (κ3) is 5.59. The van der Waals surface area contributed by atoms with Crippen LogP contribution in [0.3, 0.4) is 0 Å². The molecule has 0 aliphatic carbocycles. The molecule has 1 saturated heterocycles. The fourth-order valence-electron chi connectivity index (χ4n) is 3.41. The predicted molar refractivity (Wildman–Crippen MR) is 112 cm³/mol. The first-order chi connectivity index (χ1) is 14.4. The molecule has 0 aromatic heterocycles. The van der Waals surface area contributed by atoms with E-state index in [-0.39, 0.29) is 54.6 Å². The molecule has 0 spiro atoms. The van der Waals surface area contributed by atoms with Gasteiger partial charge in [0.05, 0.1) is 11.1 Å². The first-order valence-corrected chi connectivity index (χ1v) is 9.87. The third-order valence-electron chi connectivity index (χ3n) is 4.98. The Morgan fingerprint density at radius 2 is 1.87 bits per heavy atom. The number of nitrogens with one attached hydrogen (secondary N) is 2. The van der Waals surface area contributed by atoms with Crippen LogP contribution in [-0.2, 0) is 14.4 Å². The van der Waals surface area contributed by atoms with E-state index in [4.69, 9.17) is 10.5 Å². The van der Waals surface area contributed by atoms with Crippen molar-refractivity contribution in [3.8, 4) is 5.75 Å². The van der Waals surface area contributed by atoms with Crippen molar-refractivity contribution in [3.63, 3.8) is 0 Å². The summed E-state index contributed by atoms with van der Waals surface area (Å²) < 4.78 is 5.43. The van der Waals surface area contributed by atoms with Gasteiger partial charge in [0.15, 0.2) is 6.61 Å². The van der Waals surface area contributed by atoms with Crippen molar-refractivity contribution < 1.29 is 28.7 Å². The van der Waals surface area contributed by atoms with E-state index in [1.807, 2.05) is 0 Å². The fourth-order valence-corrected chi connectivity index (χ4v) is 3.41. The molecule has 10 nitrogen and oxygen atoms in total. The van der Waals surface area contributed by atoms with Crippen molar-refractivity contribution in [3.05, 3.63) is 29.3 Å². The second-order valence-corrected chi connectivity index (χ2v) is 7.14. The molecular weight excluding hydrogens is 428 g/mol. The smallest absolute Gasteiger partial charge is 0.262 e. The first-order valence-electron chi connectivity index (χ1n) is 9.87. The molecule has 1 aromatic carbocycles.